The highest BCUT2D eigenvalue weighted by Gasteiger charge is 2.21. The van der Waals surface area contributed by atoms with E-state index in [0.29, 0.717) is 5.75 Å². The SMILES string of the molecule is CCc1ccccc1.COc1cc(COC(=O)C(C)C)c([N+](=O)[O-])cc1OC. The maximum absolute atomic E-state index is 11.4. The van der Waals surface area contributed by atoms with Crippen molar-refractivity contribution in [1.29, 1.82) is 0 Å². The molecule has 0 aliphatic heterocycles. The minimum atomic E-state index is -0.555. The number of nitrogens with zero attached hydrogens (tertiary/aromatic N) is 1. The van der Waals surface area contributed by atoms with Crippen LogP contribution in [-0.2, 0) is 22.6 Å². The third kappa shape index (κ3) is 6.90. The van der Waals surface area contributed by atoms with E-state index in [1.807, 2.05) is 6.07 Å². The fourth-order valence-electron chi connectivity index (χ4n) is 2.23. The molecule has 7 nitrogen and oxygen atoms in total. The number of carbonyl (C=O) groups excluding carboxylic acids is 1. The summed E-state index contributed by atoms with van der Waals surface area (Å²) in [5.41, 5.74) is 1.48. The summed E-state index contributed by atoms with van der Waals surface area (Å²) in [6.45, 7) is 5.35. The van der Waals surface area contributed by atoms with Crippen molar-refractivity contribution in [3.05, 3.63) is 63.7 Å². The summed E-state index contributed by atoms with van der Waals surface area (Å²) in [5, 5.41) is 11.0. The maximum atomic E-state index is 11.4. The molecule has 0 unspecified atom stereocenters. The molecule has 0 atom stereocenters. The van der Waals surface area contributed by atoms with Crippen molar-refractivity contribution >= 4 is 11.7 Å². The lowest BCUT2D eigenvalue weighted by Gasteiger charge is -2.11. The van der Waals surface area contributed by atoms with Crippen molar-refractivity contribution in [2.24, 2.45) is 5.92 Å². The van der Waals surface area contributed by atoms with E-state index in [1.54, 1.807) is 13.8 Å². The van der Waals surface area contributed by atoms with E-state index in [9.17, 15) is 14.9 Å². The summed E-state index contributed by atoms with van der Waals surface area (Å²) >= 11 is 0. The first-order chi connectivity index (χ1) is 13.3. The van der Waals surface area contributed by atoms with E-state index < -0.39 is 10.9 Å². The van der Waals surface area contributed by atoms with Crippen LogP contribution in [0, 0.1) is 16.0 Å². The number of aryl methyl sites for hydroxylation is 1. The van der Waals surface area contributed by atoms with Gasteiger partial charge in [0.2, 0.25) is 0 Å². The van der Waals surface area contributed by atoms with Crippen LogP contribution in [0.3, 0.4) is 0 Å². The van der Waals surface area contributed by atoms with E-state index >= 15 is 0 Å². The summed E-state index contributed by atoms with van der Waals surface area (Å²) in [6, 6.07) is 13.1. The highest BCUT2D eigenvalue weighted by molar-refractivity contribution is 5.71. The zero-order chi connectivity index (χ0) is 21.1. The summed E-state index contributed by atoms with van der Waals surface area (Å²) in [5.74, 6) is -0.130. The van der Waals surface area contributed by atoms with Crippen LogP contribution in [0.25, 0.3) is 0 Å². The monoisotopic (exact) mass is 389 g/mol. The van der Waals surface area contributed by atoms with Crippen LogP contribution < -0.4 is 9.47 Å². The van der Waals surface area contributed by atoms with Crippen LogP contribution in [0.2, 0.25) is 0 Å². The van der Waals surface area contributed by atoms with E-state index in [1.165, 1.54) is 31.9 Å². The van der Waals surface area contributed by atoms with Crippen molar-refractivity contribution in [3.8, 4) is 11.5 Å². The Bertz CT molecular complexity index is 774. The Morgan fingerprint density at radius 3 is 2.07 bits per heavy atom. The number of nitro groups is 1. The van der Waals surface area contributed by atoms with Crippen LogP contribution in [0.1, 0.15) is 31.9 Å². The molecule has 0 saturated carbocycles. The summed E-state index contributed by atoms with van der Waals surface area (Å²) < 4.78 is 15.1. The third-order valence-electron chi connectivity index (χ3n) is 3.87. The summed E-state index contributed by atoms with van der Waals surface area (Å²) in [4.78, 5) is 21.9. The van der Waals surface area contributed by atoms with Crippen molar-refractivity contribution in [2.45, 2.75) is 33.8 Å². The van der Waals surface area contributed by atoms with E-state index in [-0.39, 0.29) is 29.5 Å². The van der Waals surface area contributed by atoms with Gasteiger partial charge >= 0.3 is 5.97 Å². The van der Waals surface area contributed by atoms with Gasteiger partial charge in [-0.2, -0.15) is 0 Å². The zero-order valence-electron chi connectivity index (χ0n) is 16.9. The Morgan fingerprint density at radius 2 is 1.64 bits per heavy atom. The van der Waals surface area contributed by atoms with Gasteiger partial charge in [-0.3, -0.25) is 14.9 Å². The minimum Gasteiger partial charge on any atom is -0.493 e. The van der Waals surface area contributed by atoms with E-state index in [2.05, 4.69) is 31.2 Å². The maximum Gasteiger partial charge on any atom is 0.308 e. The molecule has 2 aromatic rings. The quantitative estimate of drug-likeness (QED) is 0.392. The van der Waals surface area contributed by atoms with Crippen LogP contribution >= 0.6 is 0 Å². The van der Waals surface area contributed by atoms with E-state index in [0.717, 1.165) is 6.42 Å². The molecule has 2 rings (SSSR count). The molecule has 0 saturated heterocycles. The molecule has 0 spiro atoms. The number of carbonyl (C=O) groups is 1. The molecule has 7 heteroatoms. The first-order valence-corrected chi connectivity index (χ1v) is 8.93. The van der Waals surface area contributed by atoms with Gasteiger partial charge in [0, 0.05) is 0 Å². The topological polar surface area (TPSA) is 87.9 Å². The number of benzene rings is 2. The average molecular weight is 389 g/mol. The highest BCUT2D eigenvalue weighted by Crippen LogP contribution is 2.34. The minimum absolute atomic E-state index is 0.181. The standard InChI is InChI=1S/C13H17NO6.C8H10/c1-8(2)13(15)20-7-9-5-11(18-3)12(19-4)6-10(9)14(16)17;1-2-8-6-4-3-5-7-8/h5-6,8H,7H2,1-4H3;3-7H,2H2,1H3. The largest absolute Gasteiger partial charge is 0.493 e. The van der Waals surface area contributed by atoms with Crippen LogP contribution in [-0.4, -0.2) is 25.1 Å². The van der Waals surface area contributed by atoms with Crippen LogP contribution in [0.5, 0.6) is 11.5 Å². The lowest BCUT2D eigenvalue weighted by atomic mass is 10.1. The number of hydrogen-bond acceptors (Lipinski definition) is 6. The lowest BCUT2D eigenvalue weighted by Crippen LogP contribution is -2.12. The van der Waals surface area contributed by atoms with Crippen molar-refractivity contribution in [1.82, 2.24) is 0 Å². The number of ether oxygens (including phenoxy) is 3. The first kappa shape index (κ1) is 23.0. The summed E-state index contributed by atoms with van der Waals surface area (Å²) in [7, 11) is 2.81. The van der Waals surface area contributed by atoms with Gasteiger partial charge in [0.25, 0.3) is 5.69 Å². The lowest BCUT2D eigenvalue weighted by molar-refractivity contribution is -0.385. The number of rotatable bonds is 7. The zero-order valence-corrected chi connectivity index (χ0v) is 16.9. The number of esters is 1. The normalized spacial score (nSPS) is 9.93. The van der Waals surface area contributed by atoms with Gasteiger partial charge in [-0.05, 0) is 18.1 Å². The molecular formula is C21H27NO6. The number of hydrogen-bond donors (Lipinski definition) is 0. The first-order valence-electron chi connectivity index (χ1n) is 8.93. The molecule has 0 radical (unpaired) electrons. The molecule has 0 aromatic heterocycles. The molecule has 0 aliphatic carbocycles. The molecular weight excluding hydrogens is 362 g/mol. The number of methoxy groups -OCH3 is 2. The predicted molar refractivity (Wildman–Crippen MR) is 107 cm³/mol. The Hall–Kier alpha value is -3.09. The van der Waals surface area contributed by atoms with Gasteiger partial charge in [0.15, 0.2) is 11.5 Å². The average Bonchev–Trinajstić information content (AvgIpc) is 2.71. The fourth-order valence-corrected chi connectivity index (χ4v) is 2.23. The Kier molecular flexibility index (Phi) is 9.50. The van der Waals surface area contributed by atoms with Crippen LogP contribution in [0.15, 0.2) is 42.5 Å². The van der Waals surface area contributed by atoms with Crippen molar-refractivity contribution in [2.75, 3.05) is 14.2 Å². The Labute approximate surface area is 165 Å². The molecule has 0 bridgehead atoms. The molecule has 0 heterocycles. The van der Waals surface area contributed by atoms with Crippen molar-refractivity contribution in [3.63, 3.8) is 0 Å². The summed E-state index contributed by atoms with van der Waals surface area (Å²) in [6.07, 6.45) is 1.14. The van der Waals surface area contributed by atoms with Crippen LogP contribution in [0.4, 0.5) is 5.69 Å². The van der Waals surface area contributed by atoms with E-state index in [4.69, 9.17) is 14.2 Å². The van der Waals surface area contributed by atoms with Crippen molar-refractivity contribution < 1.29 is 23.9 Å². The molecule has 0 N–H and O–H groups in total. The highest BCUT2D eigenvalue weighted by atomic mass is 16.6. The Balaban J connectivity index is 0.000000406. The Morgan fingerprint density at radius 1 is 1.07 bits per heavy atom. The third-order valence-corrected chi connectivity index (χ3v) is 3.87. The van der Waals surface area contributed by atoms with Gasteiger partial charge in [-0.25, -0.2) is 0 Å². The second-order valence-electron chi connectivity index (χ2n) is 6.19. The van der Waals surface area contributed by atoms with Gasteiger partial charge in [0.1, 0.15) is 6.61 Å². The molecule has 0 aliphatic rings. The molecule has 0 amide bonds. The van der Waals surface area contributed by atoms with Gasteiger partial charge in [0.05, 0.1) is 36.7 Å². The van der Waals surface area contributed by atoms with Gasteiger partial charge in [-0.1, -0.05) is 51.1 Å². The smallest absolute Gasteiger partial charge is 0.308 e. The number of nitro benzene ring substituents is 1. The molecule has 2 aromatic carbocycles. The fraction of sp³-hybridized carbons (Fsp3) is 0.381. The van der Waals surface area contributed by atoms with Gasteiger partial charge < -0.3 is 14.2 Å². The predicted octanol–water partition coefficient (Wildman–Crippen LogP) is 4.56. The second kappa shape index (κ2) is 11.6. The molecule has 28 heavy (non-hydrogen) atoms. The molecule has 152 valence electrons. The second-order valence-corrected chi connectivity index (χ2v) is 6.19. The van der Waals surface area contributed by atoms with Gasteiger partial charge in [-0.15, -0.1) is 0 Å². The molecule has 0 fully saturated rings.